The third-order valence-corrected chi connectivity index (χ3v) is 8.06. The summed E-state index contributed by atoms with van der Waals surface area (Å²) < 4.78 is 49.4. The van der Waals surface area contributed by atoms with Crippen molar-refractivity contribution in [3.8, 4) is 5.69 Å². The Hall–Kier alpha value is -3.31. The molecule has 9 nitrogen and oxygen atoms in total. The fourth-order valence-electron chi connectivity index (χ4n) is 4.64. The Bertz CT molecular complexity index is 1380. The van der Waals surface area contributed by atoms with E-state index in [4.69, 9.17) is 4.74 Å². The first-order valence-electron chi connectivity index (χ1n) is 10.4. The van der Waals surface area contributed by atoms with Crippen LogP contribution in [0.25, 0.3) is 11.8 Å². The number of aryl methyl sites for hydroxylation is 1. The van der Waals surface area contributed by atoms with Gasteiger partial charge in [0.2, 0.25) is 0 Å². The van der Waals surface area contributed by atoms with Crippen molar-refractivity contribution >= 4 is 22.1 Å². The van der Waals surface area contributed by atoms with Gasteiger partial charge in [-0.05, 0) is 60.4 Å². The maximum atomic E-state index is 13.4. The fourth-order valence-corrected chi connectivity index (χ4v) is 6.09. The number of carbonyl (C=O) groups excluding carboxylic acids is 1. The molecular weight excluding hydrogens is 449 g/mol. The summed E-state index contributed by atoms with van der Waals surface area (Å²) in [5.74, 6) is -0.834. The van der Waals surface area contributed by atoms with E-state index in [9.17, 15) is 17.6 Å². The number of hydrogen-bond acceptors (Lipinski definition) is 6. The van der Waals surface area contributed by atoms with Crippen LogP contribution in [0.4, 0.5) is 4.39 Å². The second kappa shape index (κ2) is 7.63. The zero-order chi connectivity index (χ0) is 23.4. The number of piperidine rings is 1. The molecule has 0 bridgehead atoms. The lowest BCUT2D eigenvalue weighted by Gasteiger charge is -2.43. The number of hydrogen-bond donors (Lipinski definition) is 0. The number of aromatic nitrogens is 4. The Kier molecular flexibility index (Phi) is 4.98. The van der Waals surface area contributed by atoms with Gasteiger partial charge < -0.3 is 4.74 Å². The number of carbonyl (C=O) groups is 1. The van der Waals surface area contributed by atoms with Crippen LogP contribution in [0.1, 0.15) is 17.7 Å². The van der Waals surface area contributed by atoms with Gasteiger partial charge in [-0.1, -0.05) is 0 Å². The van der Waals surface area contributed by atoms with Crippen molar-refractivity contribution in [1.82, 2.24) is 23.9 Å². The minimum Gasteiger partial charge on any atom is -0.468 e. The van der Waals surface area contributed by atoms with E-state index in [0.717, 1.165) is 16.8 Å². The highest BCUT2D eigenvalue weighted by Crippen LogP contribution is 2.46. The molecule has 1 aliphatic carbocycles. The Morgan fingerprint density at radius 1 is 1.21 bits per heavy atom. The topological polar surface area (TPSA) is 99.3 Å². The molecule has 2 aliphatic rings. The van der Waals surface area contributed by atoms with Crippen LogP contribution >= 0.6 is 0 Å². The lowest BCUT2D eigenvalue weighted by molar-refractivity contribution is -0.151. The SMILES string of the molecule is COC(=O)C12Cc3cnn(-c4ccc(F)cc4)c3C=C1CCN(S(=O)(=O)c1ccn(C)n1)C2. The van der Waals surface area contributed by atoms with Crippen LogP contribution in [0.15, 0.2) is 53.3 Å². The second-order valence-electron chi connectivity index (χ2n) is 8.28. The van der Waals surface area contributed by atoms with E-state index in [1.54, 1.807) is 36.3 Å². The smallest absolute Gasteiger partial charge is 0.317 e. The summed E-state index contributed by atoms with van der Waals surface area (Å²) in [6, 6.07) is 7.42. The highest BCUT2D eigenvalue weighted by atomic mass is 32.2. The summed E-state index contributed by atoms with van der Waals surface area (Å²) in [6.07, 6.45) is 5.71. The van der Waals surface area contributed by atoms with Crippen molar-refractivity contribution in [3.63, 3.8) is 0 Å². The third-order valence-electron chi connectivity index (χ3n) is 6.32. The molecule has 3 aromatic rings. The van der Waals surface area contributed by atoms with E-state index in [-0.39, 0.29) is 30.4 Å². The van der Waals surface area contributed by atoms with Gasteiger partial charge in [-0.2, -0.15) is 14.5 Å². The van der Waals surface area contributed by atoms with Gasteiger partial charge in [0.1, 0.15) is 11.2 Å². The molecule has 3 heterocycles. The van der Waals surface area contributed by atoms with Gasteiger partial charge in [-0.3, -0.25) is 9.48 Å². The fraction of sp³-hybridized carbons (Fsp3) is 0.318. The van der Waals surface area contributed by atoms with Crippen molar-refractivity contribution in [3.05, 3.63) is 65.4 Å². The van der Waals surface area contributed by atoms with Crippen molar-refractivity contribution in [1.29, 1.82) is 0 Å². The van der Waals surface area contributed by atoms with Gasteiger partial charge in [0, 0.05) is 26.3 Å². The predicted molar refractivity (Wildman–Crippen MR) is 116 cm³/mol. The zero-order valence-electron chi connectivity index (χ0n) is 18.1. The highest BCUT2D eigenvalue weighted by Gasteiger charge is 2.52. The number of sulfonamides is 1. The number of ether oxygens (including phenoxy) is 1. The summed E-state index contributed by atoms with van der Waals surface area (Å²) in [7, 11) is -0.931. The lowest BCUT2D eigenvalue weighted by atomic mass is 9.69. The molecule has 0 amide bonds. The molecule has 33 heavy (non-hydrogen) atoms. The van der Waals surface area contributed by atoms with Crippen LogP contribution in [-0.2, 0) is 33.0 Å². The number of esters is 1. The van der Waals surface area contributed by atoms with Gasteiger partial charge in [-0.15, -0.1) is 0 Å². The average molecular weight is 472 g/mol. The van der Waals surface area contributed by atoms with Crippen molar-refractivity contribution in [2.45, 2.75) is 17.9 Å². The normalized spacial score (nSPS) is 20.6. The minimum atomic E-state index is -3.88. The van der Waals surface area contributed by atoms with E-state index in [1.165, 1.54) is 34.3 Å². The number of halogens is 1. The Balaban J connectivity index is 1.55. The molecule has 5 rings (SSSR count). The average Bonchev–Trinajstić information content (AvgIpc) is 3.43. The largest absolute Gasteiger partial charge is 0.468 e. The molecule has 1 fully saturated rings. The zero-order valence-corrected chi connectivity index (χ0v) is 18.9. The predicted octanol–water partition coefficient (Wildman–Crippen LogP) is 1.94. The monoisotopic (exact) mass is 471 g/mol. The van der Waals surface area contributed by atoms with Gasteiger partial charge >= 0.3 is 5.97 Å². The molecule has 0 spiro atoms. The highest BCUT2D eigenvalue weighted by molar-refractivity contribution is 7.89. The van der Waals surface area contributed by atoms with Crippen LogP contribution in [0, 0.1) is 11.2 Å². The first-order chi connectivity index (χ1) is 15.7. The molecule has 0 N–H and O–H groups in total. The Morgan fingerprint density at radius 3 is 2.64 bits per heavy atom. The standard InChI is InChI=1S/C22H22FN5O4S/c1-26-9-8-20(25-26)33(30,31)27-10-7-16-11-19-15(12-22(16,14-27)21(29)32-2)13-24-28(19)18-5-3-17(23)4-6-18/h3-6,8-9,11,13H,7,10,12,14H2,1-2H3. The Morgan fingerprint density at radius 2 is 1.97 bits per heavy atom. The maximum absolute atomic E-state index is 13.4. The van der Waals surface area contributed by atoms with E-state index < -0.39 is 21.4 Å². The van der Waals surface area contributed by atoms with Gasteiger partial charge in [0.15, 0.2) is 5.03 Å². The molecule has 2 aromatic heterocycles. The van der Waals surface area contributed by atoms with Gasteiger partial charge in [0.05, 0.1) is 24.7 Å². The molecule has 11 heteroatoms. The molecule has 0 saturated carbocycles. The van der Waals surface area contributed by atoms with Crippen LogP contribution < -0.4 is 0 Å². The summed E-state index contributed by atoms with van der Waals surface area (Å²) >= 11 is 0. The van der Waals surface area contributed by atoms with E-state index in [2.05, 4.69) is 10.2 Å². The molecule has 0 radical (unpaired) electrons. The molecule has 1 aliphatic heterocycles. The van der Waals surface area contributed by atoms with Crippen LogP contribution in [0.3, 0.4) is 0 Å². The quantitative estimate of drug-likeness (QED) is 0.540. The number of fused-ring (bicyclic) bond motifs is 2. The van der Waals surface area contributed by atoms with Crippen molar-refractivity contribution < 1.29 is 22.3 Å². The number of benzene rings is 1. The summed E-state index contributed by atoms with van der Waals surface area (Å²) in [4.78, 5) is 13.1. The second-order valence-corrected chi connectivity index (χ2v) is 10.2. The van der Waals surface area contributed by atoms with Gasteiger partial charge in [0.25, 0.3) is 10.0 Å². The van der Waals surface area contributed by atoms with Crippen LogP contribution in [0.2, 0.25) is 0 Å². The summed E-state index contributed by atoms with van der Waals surface area (Å²) in [5.41, 5.74) is 1.90. The molecule has 172 valence electrons. The number of rotatable bonds is 4. The minimum absolute atomic E-state index is 0.0500. The van der Waals surface area contributed by atoms with Crippen molar-refractivity contribution in [2.24, 2.45) is 12.5 Å². The molecule has 1 atom stereocenters. The first kappa shape index (κ1) is 21.5. The molecular formula is C22H22FN5O4S. The maximum Gasteiger partial charge on any atom is 0.317 e. The summed E-state index contributed by atoms with van der Waals surface area (Å²) in [6.45, 7) is 0.162. The molecule has 1 unspecified atom stereocenters. The lowest BCUT2D eigenvalue weighted by Crippen LogP contribution is -2.53. The summed E-state index contributed by atoms with van der Waals surface area (Å²) in [5, 5.41) is 8.43. The number of methoxy groups -OCH3 is 1. The van der Waals surface area contributed by atoms with Gasteiger partial charge in [-0.25, -0.2) is 17.5 Å². The van der Waals surface area contributed by atoms with E-state index in [0.29, 0.717) is 12.1 Å². The van der Waals surface area contributed by atoms with Crippen LogP contribution in [0.5, 0.6) is 0 Å². The number of nitrogens with zero attached hydrogens (tertiary/aromatic N) is 5. The third kappa shape index (κ3) is 3.39. The van der Waals surface area contributed by atoms with Crippen molar-refractivity contribution in [2.75, 3.05) is 20.2 Å². The van der Waals surface area contributed by atoms with Crippen LogP contribution in [-0.4, -0.2) is 58.5 Å². The first-order valence-corrected chi connectivity index (χ1v) is 11.8. The van der Waals surface area contributed by atoms with E-state index >= 15 is 0 Å². The Labute approximate surface area is 190 Å². The molecule has 1 saturated heterocycles. The van der Waals surface area contributed by atoms with E-state index in [1.807, 2.05) is 6.08 Å². The molecule has 1 aromatic carbocycles.